The topological polar surface area (TPSA) is 41.5 Å². The molecule has 3 aromatic carbocycles. The average Bonchev–Trinajstić information content (AvgIpc) is 2.69. The van der Waals surface area contributed by atoms with E-state index in [2.05, 4.69) is 5.32 Å². The molecule has 0 radical (unpaired) electrons. The van der Waals surface area contributed by atoms with E-state index in [0.29, 0.717) is 19.7 Å². The molecule has 3 aromatic rings. The number of benzene rings is 3. The van der Waals surface area contributed by atoms with Gasteiger partial charge in [-0.15, -0.1) is 0 Å². The number of para-hydroxylation sites is 1. The molecule has 0 spiro atoms. The first-order valence-corrected chi connectivity index (χ1v) is 8.61. The molecule has 0 fully saturated rings. The lowest BCUT2D eigenvalue weighted by Crippen LogP contribution is -2.21. The summed E-state index contributed by atoms with van der Waals surface area (Å²) in [4.78, 5) is 0. The van der Waals surface area contributed by atoms with Crippen molar-refractivity contribution in [3.05, 3.63) is 101 Å². The van der Waals surface area contributed by atoms with Crippen LogP contribution in [0.4, 0.5) is 4.39 Å². The minimum absolute atomic E-state index is 0.254. The molecule has 0 aromatic heterocycles. The van der Waals surface area contributed by atoms with E-state index in [-0.39, 0.29) is 5.82 Å². The molecule has 0 aliphatic heterocycles. The summed E-state index contributed by atoms with van der Waals surface area (Å²) in [5, 5.41) is 13.5. The van der Waals surface area contributed by atoms with Crippen LogP contribution in [-0.4, -0.2) is 11.7 Å². The van der Waals surface area contributed by atoms with Crippen LogP contribution in [0.5, 0.6) is 5.75 Å². The molecule has 3 rings (SSSR count). The zero-order valence-corrected chi connectivity index (χ0v) is 14.4. The summed E-state index contributed by atoms with van der Waals surface area (Å²) in [6.45, 7) is 1.42. The standard InChI is InChI=1S/C22H22FNO2/c23-20-12-10-17(11-13-20)16-26-22-9-5-4-8-19(22)14-24-15-21(25)18-6-2-1-3-7-18/h1-13,21,24-25H,14-16H2/t21-/m0/s1. The molecular weight excluding hydrogens is 329 g/mol. The maximum atomic E-state index is 13.0. The second kappa shape index (κ2) is 9.13. The molecule has 134 valence electrons. The zero-order chi connectivity index (χ0) is 18.2. The third-order valence-electron chi connectivity index (χ3n) is 4.12. The van der Waals surface area contributed by atoms with Gasteiger partial charge in [0.1, 0.15) is 18.2 Å². The fourth-order valence-corrected chi connectivity index (χ4v) is 2.67. The highest BCUT2D eigenvalue weighted by atomic mass is 19.1. The fraction of sp³-hybridized carbons (Fsp3) is 0.182. The summed E-state index contributed by atoms with van der Waals surface area (Å²) in [6, 6.07) is 23.6. The monoisotopic (exact) mass is 351 g/mol. The van der Waals surface area contributed by atoms with Crippen molar-refractivity contribution in [2.75, 3.05) is 6.54 Å². The number of aliphatic hydroxyl groups is 1. The summed E-state index contributed by atoms with van der Waals surface area (Å²) in [7, 11) is 0. The number of nitrogens with one attached hydrogen (secondary N) is 1. The van der Waals surface area contributed by atoms with Crippen molar-refractivity contribution >= 4 is 0 Å². The molecular formula is C22H22FNO2. The van der Waals surface area contributed by atoms with E-state index in [1.54, 1.807) is 12.1 Å². The van der Waals surface area contributed by atoms with Gasteiger partial charge in [-0.25, -0.2) is 4.39 Å². The van der Waals surface area contributed by atoms with Gasteiger partial charge in [-0.3, -0.25) is 0 Å². The molecule has 0 saturated heterocycles. The highest BCUT2D eigenvalue weighted by Crippen LogP contribution is 2.20. The number of aliphatic hydroxyl groups excluding tert-OH is 1. The van der Waals surface area contributed by atoms with E-state index in [1.165, 1.54) is 12.1 Å². The minimum Gasteiger partial charge on any atom is -0.489 e. The van der Waals surface area contributed by atoms with Crippen molar-refractivity contribution in [1.29, 1.82) is 0 Å². The molecule has 0 aliphatic rings. The van der Waals surface area contributed by atoms with E-state index in [1.807, 2.05) is 54.6 Å². The molecule has 0 aliphatic carbocycles. The molecule has 0 saturated carbocycles. The Bertz CT molecular complexity index is 806. The fourth-order valence-electron chi connectivity index (χ4n) is 2.67. The van der Waals surface area contributed by atoms with E-state index < -0.39 is 6.10 Å². The summed E-state index contributed by atoms with van der Waals surface area (Å²) in [5.74, 6) is 0.522. The Hall–Kier alpha value is -2.69. The quantitative estimate of drug-likeness (QED) is 0.638. The van der Waals surface area contributed by atoms with Crippen molar-refractivity contribution in [1.82, 2.24) is 5.32 Å². The van der Waals surface area contributed by atoms with Crippen LogP contribution in [0.25, 0.3) is 0 Å². The Morgan fingerprint density at radius 1 is 0.885 bits per heavy atom. The van der Waals surface area contributed by atoms with Crippen molar-refractivity contribution in [3.8, 4) is 5.75 Å². The van der Waals surface area contributed by atoms with Crippen molar-refractivity contribution in [2.45, 2.75) is 19.3 Å². The second-order valence-corrected chi connectivity index (χ2v) is 6.08. The first-order valence-electron chi connectivity index (χ1n) is 8.61. The van der Waals surface area contributed by atoms with Gasteiger partial charge in [-0.1, -0.05) is 60.7 Å². The lowest BCUT2D eigenvalue weighted by atomic mass is 10.1. The molecule has 26 heavy (non-hydrogen) atoms. The molecule has 0 unspecified atom stereocenters. The third kappa shape index (κ3) is 5.15. The Balaban J connectivity index is 1.54. The SMILES string of the molecule is O[C@@H](CNCc1ccccc1OCc1ccc(F)cc1)c1ccccc1. The number of hydrogen-bond donors (Lipinski definition) is 2. The van der Waals surface area contributed by atoms with E-state index in [4.69, 9.17) is 4.74 Å². The molecule has 0 heterocycles. The lowest BCUT2D eigenvalue weighted by molar-refractivity contribution is 0.174. The first-order chi connectivity index (χ1) is 12.7. The smallest absolute Gasteiger partial charge is 0.124 e. The van der Waals surface area contributed by atoms with Crippen molar-refractivity contribution < 1.29 is 14.2 Å². The van der Waals surface area contributed by atoms with Gasteiger partial charge < -0.3 is 15.2 Å². The van der Waals surface area contributed by atoms with Crippen LogP contribution < -0.4 is 10.1 Å². The predicted octanol–water partition coefficient (Wildman–Crippen LogP) is 4.23. The van der Waals surface area contributed by atoms with Gasteiger partial charge in [0, 0.05) is 18.7 Å². The Morgan fingerprint density at radius 3 is 2.35 bits per heavy atom. The van der Waals surface area contributed by atoms with Crippen LogP contribution in [0.15, 0.2) is 78.9 Å². The number of ether oxygens (including phenoxy) is 1. The third-order valence-corrected chi connectivity index (χ3v) is 4.12. The summed E-state index contributed by atoms with van der Waals surface area (Å²) < 4.78 is 18.9. The maximum Gasteiger partial charge on any atom is 0.124 e. The largest absolute Gasteiger partial charge is 0.489 e. The minimum atomic E-state index is -0.552. The van der Waals surface area contributed by atoms with E-state index >= 15 is 0 Å². The van der Waals surface area contributed by atoms with Gasteiger partial charge >= 0.3 is 0 Å². The Kier molecular flexibility index (Phi) is 6.36. The van der Waals surface area contributed by atoms with Crippen LogP contribution in [0.2, 0.25) is 0 Å². The summed E-state index contributed by atoms with van der Waals surface area (Å²) >= 11 is 0. The van der Waals surface area contributed by atoms with Gasteiger partial charge in [-0.05, 0) is 29.3 Å². The lowest BCUT2D eigenvalue weighted by Gasteiger charge is -2.15. The maximum absolute atomic E-state index is 13.0. The van der Waals surface area contributed by atoms with E-state index in [0.717, 1.165) is 22.4 Å². The van der Waals surface area contributed by atoms with Gasteiger partial charge in [0.05, 0.1) is 6.10 Å². The molecule has 3 nitrogen and oxygen atoms in total. The molecule has 0 amide bonds. The summed E-state index contributed by atoms with van der Waals surface area (Å²) in [6.07, 6.45) is -0.552. The number of halogens is 1. The van der Waals surface area contributed by atoms with Crippen molar-refractivity contribution in [2.24, 2.45) is 0 Å². The second-order valence-electron chi connectivity index (χ2n) is 6.08. The average molecular weight is 351 g/mol. The normalized spacial score (nSPS) is 11.9. The first kappa shape index (κ1) is 18.1. The highest BCUT2D eigenvalue weighted by Gasteiger charge is 2.08. The Labute approximate surface area is 153 Å². The van der Waals surface area contributed by atoms with E-state index in [9.17, 15) is 9.50 Å². The molecule has 0 bridgehead atoms. The number of hydrogen-bond acceptors (Lipinski definition) is 3. The Morgan fingerprint density at radius 2 is 1.58 bits per heavy atom. The van der Waals surface area contributed by atoms with Crippen LogP contribution in [0.3, 0.4) is 0 Å². The van der Waals surface area contributed by atoms with Gasteiger partial charge in [0.2, 0.25) is 0 Å². The van der Waals surface area contributed by atoms with Crippen molar-refractivity contribution in [3.63, 3.8) is 0 Å². The van der Waals surface area contributed by atoms with Crippen LogP contribution >= 0.6 is 0 Å². The van der Waals surface area contributed by atoms with Gasteiger partial charge in [0.25, 0.3) is 0 Å². The van der Waals surface area contributed by atoms with Crippen LogP contribution in [0, 0.1) is 5.82 Å². The number of rotatable bonds is 8. The molecule has 1 atom stereocenters. The molecule has 4 heteroatoms. The van der Waals surface area contributed by atoms with Gasteiger partial charge in [-0.2, -0.15) is 0 Å². The van der Waals surface area contributed by atoms with Gasteiger partial charge in [0.15, 0.2) is 0 Å². The zero-order valence-electron chi connectivity index (χ0n) is 14.4. The molecule has 2 N–H and O–H groups in total. The predicted molar refractivity (Wildman–Crippen MR) is 100 cm³/mol. The highest BCUT2D eigenvalue weighted by molar-refractivity contribution is 5.33. The van der Waals surface area contributed by atoms with Crippen LogP contribution in [-0.2, 0) is 13.2 Å². The van der Waals surface area contributed by atoms with Crippen LogP contribution in [0.1, 0.15) is 22.8 Å². The summed E-state index contributed by atoms with van der Waals surface area (Å²) in [5.41, 5.74) is 2.81.